The fourth-order valence-corrected chi connectivity index (χ4v) is 1.53. The summed E-state index contributed by atoms with van der Waals surface area (Å²) in [5.41, 5.74) is 0. The summed E-state index contributed by atoms with van der Waals surface area (Å²) in [6.07, 6.45) is -3.28. The zero-order valence-electron chi connectivity index (χ0n) is 8.74. The molecule has 0 aliphatic rings. The lowest BCUT2D eigenvalue weighted by Crippen LogP contribution is -2.41. The summed E-state index contributed by atoms with van der Waals surface area (Å²) in [7, 11) is 0. The molecule has 0 aliphatic carbocycles. The number of nitrogens with zero attached hydrogens (tertiary/aromatic N) is 1. The van der Waals surface area contributed by atoms with Crippen LogP contribution in [-0.2, 0) is 0 Å². The number of alkyl halides is 4. The maximum atomic E-state index is 12.2. The van der Waals surface area contributed by atoms with Gasteiger partial charge in [-0.3, -0.25) is 4.90 Å². The summed E-state index contributed by atoms with van der Waals surface area (Å²) >= 11 is 2.67. The minimum absolute atomic E-state index is 0.0228. The molecule has 0 aromatic heterocycles. The van der Waals surface area contributed by atoms with E-state index in [0.29, 0.717) is 6.54 Å². The van der Waals surface area contributed by atoms with Crippen LogP contribution in [0, 0.1) is 0 Å². The average Bonchev–Trinajstić information content (AvgIpc) is 2.01. The van der Waals surface area contributed by atoms with Crippen LogP contribution in [0.25, 0.3) is 0 Å². The van der Waals surface area contributed by atoms with Crippen LogP contribution in [0.15, 0.2) is 0 Å². The second kappa shape index (κ2) is 5.95. The Morgan fingerprint density at radius 2 is 1.79 bits per heavy atom. The Morgan fingerprint density at radius 1 is 1.29 bits per heavy atom. The molecule has 0 bridgehead atoms. The molecule has 0 heterocycles. The fraction of sp³-hybridized carbons (Fsp3) is 1.00. The van der Waals surface area contributed by atoms with Gasteiger partial charge < -0.3 is 0 Å². The van der Waals surface area contributed by atoms with Gasteiger partial charge in [0.25, 0.3) is 0 Å². The first-order chi connectivity index (χ1) is 6.29. The monoisotopic (exact) mass is 275 g/mol. The molecule has 0 amide bonds. The Kier molecular flexibility index (Phi) is 6.05. The lowest BCUT2D eigenvalue weighted by Gasteiger charge is -2.28. The molecule has 0 saturated heterocycles. The van der Waals surface area contributed by atoms with E-state index < -0.39 is 11.0 Å². The number of hydrogen-bond acceptors (Lipinski definition) is 1. The van der Waals surface area contributed by atoms with Crippen LogP contribution in [0.1, 0.15) is 27.2 Å². The van der Waals surface area contributed by atoms with E-state index in [9.17, 15) is 13.2 Å². The Balaban J connectivity index is 4.16. The number of rotatable bonds is 5. The molecule has 86 valence electrons. The summed E-state index contributed by atoms with van der Waals surface area (Å²) in [6, 6.07) is 0.150. The van der Waals surface area contributed by atoms with Crippen molar-refractivity contribution in [1.29, 1.82) is 0 Å². The van der Waals surface area contributed by atoms with Gasteiger partial charge in [-0.2, -0.15) is 13.2 Å². The van der Waals surface area contributed by atoms with Crippen LogP contribution >= 0.6 is 15.9 Å². The first-order valence-electron chi connectivity index (χ1n) is 4.73. The van der Waals surface area contributed by atoms with Crippen molar-refractivity contribution < 1.29 is 13.2 Å². The lowest BCUT2D eigenvalue weighted by atomic mass is 10.2. The largest absolute Gasteiger partial charge is 0.402 e. The third-order valence-electron chi connectivity index (χ3n) is 1.99. The molecular formula is C9H17BrF3N. The van der Waals surface area contributed by atoms with Crippen molar-refractivity contribution in [2.45, 2.75) is 44.2 Å². The SMILES string of the molecule is CCCN(CC(Br)C(F)(F)F)C(C)C. The quantitative estimate of drug-likeness (QED) is 0.695. The molecule has 0 fully saturated rings. The van der Waals surface area contributed by atoms with E-state index in [1.807, 2.05) is 25.7 Å². The van der Waals surface area contributed by atoms with Crippen molar-refractivity contribution in [2.24, 2.45) is 0 Å². The molecule has 1 unspecified atom stereocenters. The van der Waals surface area contributed by atoms with Gasteiger partial charge in [0.2, 0.25) is 0 Å². The van der Waals surface area contributed by atoms with E-state index in [2.05, 4.69) is 15.9 Å². The van der Waals surface area contributed by atoms with E-state index in [1.165, 1.54) is 0 Å². The summed E-state index contributed by atoms with van der Waals surface area (Å²) in [4.78, 5) is 0.399. The molecule has 0 spiro atoms. The van der Waals surface area contributed by atoms with Gasteiger partial charge in [0.05, 0.1) is 0 Å². The number of halogens is 4. The van der Waals surface area contributed by atoms with E-state index in [-0.39, 0.29) is 12.6 Å². The highest BCUT2D eigenvalue weighted by Gasteiger charge is 2.38. The minimum Gasteiger partial charge on any atom is -0.299 e. The summed E-state index contributed by atoms with van der Waals surface area (Å²) < 4.78 is 36.7. The second-order valence-electron chi connectivity index (χ2n) is 3.60. The molecule has 0 N–H and O–H groups in total. The van der Waals surface area contributed by atoms with Gasteiger partial charge in [-0.15, -0.1) is 0 Å². The smallest absolute Gasteiger partial charge is 0.299 e. The third kappa shape index (κ3) is 5.20. The normalized spacial score (nSPS) is 15.2. The first kappa shape index (κ1) is 14.2. The van der Waals surface area contributed by atoms with Crippen LogP contribution in [0.4, 0.5) is 13.2 Å². The predicted octanol–water partition coefficient (Wildman–Crippen LogP) is 3.43. The van der Waals surface area contributed by atoms with Crippen LogP contribution in [-0.4, -0.2) is 35.0 Å². The molecule has 1 nitrogen and oxygen atoms in total. The minimum atomic E-state index is -4.15. The Bertz CT molecular complexity index is 159. The van der Waals surface area contributed by atoms with Gasteiger partial charge in [0.15, 0.2) is 0 Å². The zero-order valence-corrected chi connectivity index (χ0v) is 10.3. The van der Waals surface area contributed by atoms with Gasteiger partial charge in [-0.1, -0.05) is 22.9 Å². The Labute approximate surface area is 91.8 Å². The molecule has 1 atom stereocenters. The molecule has 0 aliphatic heterocycles. The summed E-state index contributed by atoms with van der Waals surface area (Å²) in [5, 5.41) is 0. The zero-order chi connectivity index (χ0) is 11.4. The van der Waals surface area contributed by atoms with Crippen molar-refractivity contribution in [3.05, 3.63) is 0 Å². The van der Waals surface area contributed by atoms with E-state index >= 15 is 0 Å². The van der Waals surface area contributed by atoms with Crippen molar-refractivity contribution in [3.8, 4) is 0 Å². The molecular weight excluding hydrogens is 259 g/mol. The maximum absolute atomic E-state index is 12.2. The predicted molar refractivity (Wildman–Crippen MR) is 55.8 cm³/mol. The summed E-state index contributed by atoms with van der Waals surface area (Å²) in [6.45, 7) is 6.51. The second-order valence-corrected chi connectivity index (χ2v) is 4.70. The van der Waals surface area contributed by atoms with Crippen molar-refractivity contribution in [3.63, 3.8) is 0 Å². The maximum Gasteiger partial charge on any atom is 0.402 e. The van der Waals surface area contributed by atoms with Gasteiger partial charge in [0.1, 0.15) is 4.83 Å². The van der Waals surface area contributed by atoms with E-state index in [1.54, 1.807) is 0 Å². The van der Waals surface area contributed by atoms with Gasteiger partial charge >= 0.3 is 6.18 Å². The van der Waals surface area contributed by atoms with Crippen LogP contribution in [0.5, 0.6) is 0 Å². The molecule has 0 aromatic carbocycles. The standard InChI is InChI=1S/C9H17BrF3N/c1-4-5-14(7(2)3)6-8(10)9(11,12)13/h7-8H,4-6H2,1-3H3. The van der Waals surface area contributed by atoms with Crippen LogP contribution < -0.4 is 0 Å². The first-order valence-corrected chi connectivity index (χ1v) is 5.65. The van der Waals surface area contributed by atoms with Gasteiger partial charge in [-0.25, -0.2) is 0 Å². The fourth-order valence-electron chi connectivity index (χ4n) is 1.16. The van der Waals surface area contributed by atoms with Crippen molar-refractivity contribution in [2.75, 3.05) is 13.1 Å². The molecule has 0 saturated carbocycles. The highest BCUT2D eigenvalue weighted by atomic mass is 79.9. The third-order valence-corrected chi connectivity index (χ3v) is 2.80. The summed E-state index contributed by atoms with van der Waals surface area (Å²) in [5.74, 6) is 0. The lowest BCUT2D eigenvalue weighted by molar-refractivity contribution is -0.131. The highest BCUT2D eigenvalue weighted by molar-refractivity contribution is 9.09. The Morgan fingerprint density at radius 3 is 2.07 bits per heavy atom. The van der Waals surface area contributed by atoms with E-state index in [4.69, 9.17) is 0 Å². The van der Waals surface area contributed by atoms with Crippen molar-refractivity contribution in [1.82, 2.24) is 4.90 Å². The van der Waals surface area contributed by atoms with Crippen molar-refractivity contribution >= 4 is 15.9 Å². The molecule has 5 heteroatoms. The average molecular weight is 276 g/mol. The molecule has 0 aromatic rings. The van der Waals surface area contributed by atoms with Crippen LogP contribution in [0.2, 0.25) is 0 Å². The van der Waals surface area contributed by atoms with Crippen LogP contribution in [0.3, 0.4) is 0 Å². The van der Waals surface area contributed by atoms with E-state index in [0.717, 1.165) is 6.42 Å². The van der Waals surface area contributed by atoms with Gasteiger partial charge in [-0.05, 0) is 26.8 Å². The molecule has 0 radical (unpaired) electrons. The van der Waals surface area contributed by atoms with Gasteiger partial charge in [0, 0.05) is 12.6 Å². The molecule has 0 rings (SSSR count). The topological polar surface area (TPSA) is 3.24 Å². The Hall–Kier alpha value is 0.230. The number of hydrogen-bond donors (Lipinski definition) is 0. The highest BCUT2D eigenvalue weighted by Crippen LogP contribution is 2.27. The molecule has 14 heavy (non-hydrogen) atoms.